The molecule has 1 N–H and O–H groups in total. The van der Waals surface area contributed by atoms with Crippen LogP contribution < -0.4 is 4.74 Å². The molecule has 1 atom stereocenters. The zero-order chi connectivity index (χ0) is 13.9. The Morgan fingerprint density at radius 2 is 2.10 bits per heavy atom. The van der Waals surface area contributed by atoms with Crippen molar-refractivity contribution in [2.24, 2.45) is 0 Å². The second-order valence-corrected chi connectivity index (χ2v) is 5.42. The molecule has 0 unspecified atom stereocenters. The monoisotopic (exact) mass is 271 g/mol. The second kappa shape index (κ2) is 5.81. The number of aliphatic hydroxyl groups is 1. The van der Waals surface area contributed by atoms with Gasteiger partial charge >= 0.3 is 0 Å². The Labute approximate surface area is 119 Å². The summed E-state index contributed by atoms with van der Waals surface area (Å²) in [5.74, 6) is 0.937. The van der Waals surface area contributed by atoms with Gasteiger partial charge < -0.3 is 9.84 Å². The Hall–Kier alpha value is -1.58. The summed E-state index contributed by atoms with van der Waals surface area (Å²) >= 11 is 0. The van der Waals surface area contributed by atoms with Crippen molar-refractivity contribution in [2.75, 3.05) is 20.3 Å². The normalized spacial score (nSPS) is 19.6. The number of nitrogens with zero attached hydrogens (tertiary/aromatic N) is 1. The molecule has 1 heterocycles. The highest BCUT2D eigenvalue weighted by atomic mass is 16.5. The standard InChI is InChI=1S/C17H21NO2/c1-20-17-9-8-13-5-2-3-7-15(13)16(17)11-18-10-4-6-14(18)12-19/h2-3,5,7-9,14,19H,4,6,10-12H2,1H3/t14-/m0/s1. The van der Waals surface area contributed by atoms with E-state index in [1.807, 2.05) is 6.07 Å². The van der Waals surface area contributed by atoms with Gasteiger partial charge in [-0.2, -0.15) is 0 Å². The Bertz CT molecular complexity index is 597. The van der Waals surface area contributed by atoms with Crippen LogP contribution in [-0.2, 0) is 6.54 Å². The van der Waals surface area contributed by atoms with Crippen molar-refractivity contribution in [1.29, 1.82) is 0 Å². The third-order valence-electron chi connectivity index (χ3n) is 4.29. The summed E-state index contributed by atoms with van der Waals surface area (Å²) in [4.78, 5) is 2.37. The number of likely N-dealkylation sites (tertiary alicyclic amines) is 1. The Kier molecular flexibility index (Phi) is 3.90. The van der Waals surface area contributed by atoms with Crippen molar-refractivity contribution >= 4 is 10.8 Å². The van der Waals surface area contributed by atoms with E-state index in [1.54, 1.807) is 7.11 Å². The molecule has 0 amide bonds. The van der Waals surface area contributed by atoms with Gasteiger partial charge in [-0.1, -0.05) is 30.3 Å². The van der Waals surface area contributed by atoms with Crippen LogP contribution in [0.2, 0.25) is 0 Å². The molecule has 3 heteroatoms. The van der Waals surface area contributed by atoms with E-state index in [0.717, 1.165) is 31.7 Å². The fourth-order valence-corrected chi connectivity index (χ4v) is 3.18. The molecule has 0 saturated carbocycles. The zero-order valence-corrected chi connectivity index (χ0v) is 11.9. The molecule has 1 aliphatic heterocycles. The quantitative estimate of drug-likeness (QED) is 0.928. The van der Waals surface area contributed by atoms with E-state index >= 15 is 0 Å². The van der Waals surface area contributed by atoms with Crippen molar-refractivity contribution < 1.29 is 9.84 Å². The summed E-state index contributed by atoms with van der Waals surface area (Å²) in [5, 5.41) is 12.0. The van der Waals surface area contributed by atoms with Crippen LogP contribution in [0.25, 0.3) is 10.8 Å². The number of ether oxygens (including phenoxy) is 1. The molecular weight excluding hydrogens is 250 g/mol. The molecule has 106 valence electrons. The predicted octanol–water partition coefficient (Wildman–Crippen LogP) is 2.81. The summed E-state index contributed by atoms with van der Waals surface area (Å²) in [7, 11) is 1.72. The Morgan fingerprint density at radius 3 is 2.90 bits per heavy atom. The van der Waals surface area contributed by atoms with Crippen LogP contribution in [0.3, 0.4) is 0 Å². The smallest absolute Gasteiger partial charge is 0.123 e. The maximum Gasteiger partial charge on any atom is 0.123 e. The molecule has 1 aliphatic rings. The topological polar surface area (TPSA) is 32.7 Å². The van der Waals surface area contributed by atoms with E-state index in [4.69, 9.17) is 4.74 Å². The number of benzene rings is 2. The lowest BCUT2D eigenvalue weighted by Crippen LogP contribution is -2.31. The van der Waals surface area contributed by atoms with Gasteiger partial charge in [0.05, 0.1) is 13.7 Å². The molecule has 0 aromatic heterocycles. The molecule has 0 aliphatic carbocycles. The van der Waals surface area contributed by atoms with Gasteiger partial charge in [-0.05, 0) is 36.2 Å². The lowest BCUT2D eigenvalue weighted by molar-refractivity contribution is 0.153. The van der Waals surface area contributed by atoms with Crippen molar-refractivity contribution in [3.63, 3.8) is 0 Å². The minimum Gasteiger partial charge on any atom is -0.496 e. The molecule has 20 heavy (non-hydrogen) atoms. The summed E-state index contributed by atoms with van der Waals surface area (Å²) in [6.45, 7) is 2.14. The first-order valence-electron chi connectivity index (χ1n) is 7.23. The molecular formula is C17H21NO2. The Balaban J connectivity index is 2.00. The van der Waals surface area contributed by atoms with Crippen LogP contribution in [0.1, 0.15) is 18.4 Å². The summed E-state index contributed by atoms with van der Waals surface area (Å²) < 4.78 is 5.54. The molecule has 0 spiro atoms. The average molecular weight is 271 g/mol. The van der Waals surface area contributed by atoms with Crippen LogP contribution in [0.15, 0.2) is 36.4 Å². The van der Waals surface area contributed by atoms with Gasteiger partial charge in [-0.15, -0.1) is 0 Å². The van der Waals surface area contributed by atoms with Gasteiger partial charge in [0.25, 0.3) is 0 Å². The van der Waals surface area contributed by atoms with Gasteiger partial charge in [-0.3, -0.25) is 4.90 Å². The number of aliphatic hydroxyl groups excluding tert-OH is 1. The number of hydrogen-bond acceptors (Lipinski definition) is 3. The number of rotatable bonds is 4. The van der Waals surface area contributed by atoms with Crippen LogP contribution >= 0.6 is 0 Å². The van der Waals surface area contributed by atoms with E-state index < -0.39 is 0 Å². The minimum absolute atomic E-state index is 0.243. The largest absolute Gasteiger partial charge is 0.496 e. The highest BCUT2D eigenvalue weighted by Gasteiger charge is 2.25. The highest BCUT2D eigenvalue weighted by molar-refractivity contribution is 5.87. The maximum atomic E-state index is 9.48. The molecule has 0 bridgehead atoms. The third kappa shape index (κ3) is 2.39. The van der Waals surface area contributed by atoms with Crippen molar-refractivity contribution in [3.05, 3.63) is 42.0 Å². The zero-order valence-electron chi connectivity index (χ0n) is 11.9. The second-order valence-electron chi connectivity index (χ2n) is 5.42. The van der Waals surface area contributed by atoms with E-state index in [0.29, 0.717) is 6.04 Å². The van der Waals surface area contributed by atoms with Crippen LogP contribution in [0.4, 0.5) is 0 Å². The molecule has 0 radical (unpaired) electrons. The third-order valence-corrected chi connectivity index (χ3v) is 4.29. The summed E-state index contributed by atoms with van der Waals surface area (Å²) in [5.41, 5.74) is 1.23. The molecule has 3 nitrogen and oxygen atoms in total. The lowest BCUT2D eigenvalue weighted by Gasteiger charge is -2.24. The lowest BCUT2D eigenvalue weighted by atomic mass is 10.0. The van der Waals surface area contributed by atoms with E-state index in [2.05, 4.69) is 35.2 Å². The van der Waals surface area contributed by atoms with Crippen molar-refractivity contribution in [3.8, 4) is 5.75 Å². The van der Waals surface area contributed by atoms with E-state index in [-0.39, 0.29) is 6.61 Å². The molecule has 1 fully saturated rings. The van der Waals surface area contributed by atoms with Crippen molar-refractivity contribution in [2.45, 2.75) is 25.4 Å². The van der Waals surface area contributed by atoms with Crippen molar-refractivity contribution in [1.82, 2.24) is 4.90 Å². The highest BCUT2D eigenvalue weighted by Crippen LogP contribution is 2.31. The maximum absolute atomic E-state index is 9.48. The first-order valence-corrected chi connectivity index (χ1v) is 7.23. The average Bonchev–Trinajstić information content (AvgIpc) is 2.95. The number of methoxy groups -OCH3 is 1. The fraction of sp³-hybridized carbons (Fsp3) is 0.412. The molecule has 1 saturated heterocycles. The first-order chi connectivity index (χ1) is 9.83. The SMILES string of the molecule is COc1ccc2ccccc2c1CN1CCC[C@H]1CO. The predicted molar refractivity (Wildman–Crippen MR) is 81.0 cm³/mol. The number of hydrogen-bond donors (Lipinski definition) is 1. The first kappa shape index (κ1) is 13.4. The summed E-state index contributed by atoms with van der Waals surface area (Å²) in [6, 6.07) is 12.8. The van der Waals surface area contributed by atoms with Crippen LogP contribution in [0.5, 0.6) is 5.75 Å². The molecule has 2 aromatic rings. The molecule has 3 rings (SSSR count). The van der Waals surface area contributed by atoms with Crippen LogP contribution in [0, 0.1) is 0 Å². The minimum atomic E-state index is 0.243. The fourth-order valence-electron chi connectivity index (χ4n) is 3.18. The van der Waals surface area contributed by atoms with E-state index in [9.17, 15) is 5.11 Å². The van der Waals surface area contributed by atoms with Gasteiger partial charge in [0.15, 0.2) is 0 Å². The van der Waals surface area contributed by atoms with Crippen LogP contribution in [-0.4, -0.2) is 36.3 Å². The Morgan fingerprint density at radius 1 is 1.25 bits per heavy atom. The number of fused-ring (bicyclic) bond motifs is 1. The van der Waals surface area contributed by atoms with E-state index in [1.165, 1.54) is 16.3 Å². The summed E-state index contributed by atoms with van der Waals surface area (Å²) in [6.07, 6.45) is 2.25. The van der Waals surface area contributed by atoms with Gasteiger partial charge in [0.1, 0.15) is 5.75 Å². The van der Waals surface area contributed by atoms with Gasteiger partial charge in [0.2, 0.25) is 0 Å². The van der Waals surface area contributed by atoms with Gasteiger partial charge in [0, 0.05) is 18.2 Å². The van der Waals surface area contributed by atoms with Gasteiger partial charge in [-0.25, -0.2) is 0 Å². The molecule has 2 aromatic carbocycles.